The highest BCUT2D eigenvalue weighted by molar-refractivity contribution is 3.43. The zero-order chi connectivity index (χ0) is 5.41. The van der Waals surface area contributed by atoms with Crippen molar-refractivity contribution in [2.45, 2.75) is 0 Å². The zero-order valence-corrected chi connectivity index (χ0v) is 3.97. The summed E-state index contributed by atoms with van der Waals surface area (Å²) < 4.78 is 0. The van der Waals surface area contributed by atoms with Gasteiger partial charge in [0.25, 0.3) is 0 Å². The number of nitrogens with two attached hydrogens (primary N) is 2. The molecule has 0 aromatic heterocycles. The summed E-state index contributed by atoms with van der Waals surface area (Å²) in [6, 6.07) is 0. The maximum atomic E-state index is 4.35. The van der Waals surface area contributed by atoms with E-state index in [1.165, 1.54) is 14.2 Å². The van der Waals surface area contributed by atoms with Crippen LogP contribution in [0.15, 0.2) is 0 Å². The van der Waals surface area contributed by atoms with Crippen LogP contribution in [0.25, 0.3) is 0 Å². The number of hydrogen-bond acceptors (Lipinski definition) is 4. The van der Waals surface area contributed by atoms with E-state index in [0.29, 0.717) is 0 Å². The quantitative estimate of drug-likeness (QED) is 0.378. The monoisotopic (exact) mass is 94.1 g/mol. The number of hydrogen-bond donors (Lipinski definition) is 2. The van der Waals surface area contributed by atoms with Crippen molar-refractivity contribution in [3.05, 3.63) is 0 Å². The van der Waals surface area contributed by atoms with Gasteiger partial charge in [-0.15, -0.1) is 0 Å². The van der Waals surface area contributed by atoms with E-state index in [1.807, 2.05) is 0 Å². The molecular formula is C2H10N2O2. The molecule has 4 N–H and O–H groups in total. The molecule has 0 aromatic rings. The molecule has 0 amide bonds. The van der Waals surface area contributed by atoms with Gasteiger partial charge in [-0.05, 0) is 0 Å². The first kappa shape index (κ1) is 9.28. The van der Waals surface area contributed by atoms with Crippen LogP contribution >= 0.6 is 0 Å². The third kappa shape index (κ3) is 1210. The van der Waals surface area contributed by atoms with Crippen LogP contribution in [-0.2, 0) is 9.68 Å². The van der Waals surface area contributed by atoms with Crippen molar-refractivity contribution in [2.24, 2.45) is 11.8 Å². The molecule has 6 heavy (non-hydrogen) atoms. The summed E-state index contributed by atoms with van der Waals surface area (Å²) in [6.45, 7) is 0. The minimum absolute atomic E-state index is 1.40. The first-order chi connectivity index (χ1) is 2.83. The Hall–Kier alpha value is -0.160. The van der Waals surface area contributed by atoms with Gasteiger partial charge in [0.05, 0.1) is 14.2 Å². The lowest BCUT2D eigenvalue weighted by molar-refractivity contribution is 0.206. The molecule has 0 aliphatic rings. The largest absolute Gasteiger partial charge is 0.308 e. The Kier molecular flexibility index (Phi) is 32.6. The highest BCUT2D eigenvalue weighted by Gasteiger charge is 1.24. The van der Waals surface area contributed by atoms with Crippen molar-refractivity contribution >= 4 is 0 Å². The molecule has 0 rings (SSSR count). The normalized spacial score (nSPS) is 6.00. The summed E-state index contributed by atoms with van der Waals surface area (Å²) in [5, 5.41) is 0. The van der Waals surface area contributed by atoms with E-state index >= 15 is 0 Å². The van der Waals surface area contributed by atoms with Gasteiger partial charge in [0.2, 0.25) is 0 Å². The summed E-state index contributed by atoms with van der Waals surface area (Å²) >= 11 is 0. The molecule has 0 aliphatic carbocycles. The van der Waals surface area contributed by atoms with Gasteiger partial charge >= 0.3 is 0 Å². The Balaban J connectivity index is 0. The van der Waals surface area contributed by atoms with E-state index in [9.17, 15) is 0 Å². The summed E-state index contributed by atoms with van der Waals surface area (Å²) in [5.41, 5.74) is 0. The molecule has 0 spiro atoms. The second-order valence-corrected chi connectivity index (χ2v) is 0.471. The van der Waals surface area contributed by atoms with Crippen LogP contribution in [0.4, 0.5) is 0 Å². The van der Waals surface area contributed by atoms with Crippen molar-refractivity contribution < 1.29 is 9.68 Å². The van der Waals surface area contributed by atoms with Crippen molar-refractivity contribution in [2.75, 3.05) is 14.2 Å². The van der Waals surface area contributed by atoms with E-state index in [-0.39, 0.29) is 0 Å². The third-order valence-electron chi connectivity index (χ3n) is 0. The fourth-order valence-electron chi connectivity index (χ4n) is 0. The second kappa shape index (κ2) is 21.1. The van der Waals surface area contributed by atoms with Crippen molar-refractivity contribution in [3.8, 4) is 0 Å². The zero-order valence-electron chi connectivity index (χ0n) is 3.97. The van der Waals surface area contributed by atoms with Crippen molar-refractivity contribution in [3.63, 3.8) is 0 Å². The smallest absolute Gasteiger partial charge is 0.0569 e. The second-order valence-electron chi connectivity index (χ2n) is 0.471. The Morgan fingerprint density at radius 1 is 1.00 bits per heavy atom. The van der Waals surface area contributed by atoms with Gasteiger partial charge in [0, 0.05) is 0 Å². The molecule has 0 fully saturated rings. The SMILES string of the molecule is CON.CON. The summed E-state index contributed by atoms with van der Waals surface area (Å²) in [4.78, 5) is 7.50. The predicted molar refractivity (Wildman–Crippen MR) is 22.4 cm³/mol. The van der Waals surface area contributed by atoms with Gasteiger partial charge in [-0.25, -0.2) is 11.8 Å². The van der Waals surface area contributed by atoms with Gasteiger partial charge in [0.1, 0.15) is 0 Å². The average Bonchev–Trinajstić information content (AvgIpc) is 1.39. The Morgan fingerprint density at radius 3 is 1.00 bits per heavy atom. The molecule has 4 heteroatoms. The lowest BCUT2D eigenvalue weighted by Crippen LogP contribution is -1.86. The molecule has 0 atom stereocenters. The van der Waals surface area contributed by atoms with Gasteiger partial charge in [0.15, 0.2) is 0 Å². The first-order valence-electron chi connectivity index (χ1n) is 1.29. The fourth-order valence-corrected chi connectivity index (χ4v) is 0. The van der Waals surface area contributed by atoms with Crippen LogP contribution in [0.3, 0.4) is 0 Å². The molecule has 0 saturated carbocycles. The average molecular weight is 94.1 g/mol. The van der Waals surface area contributed by atoms with Crippen LogP contribution in [0.1, 0.15) is 0 Å². The van der Waals surface area contributed by atoms with Crippen LogP contribution < -0.4 is 11.8 Å². The molecule has 0 unspecified atom stereocenters. The van der Waals surface area contributed by atoms with Crippen molar-refractivity contribution in [1.29, 1.82) is 0 Å². The minimum Gasteiger partial charge on any atom is -0.308 e. The fraction of sp³-hybridized carbons (Fsp3) is 1.00. The van der Waals surface area contributed by atoms with E-state index in [0.717, 1.165) is 0 Å². The topological polar surface area (TPSA) is 70.5 Å². The van der Waals surface area contributed by atoms with Crippen LogP contribution in [0.5, 0.6) is 0 Å². The standard InChI is InChI=1S/2CH5NO/c2*1-3-2/h2*2H2,1H3. The maximum absolute atomic E-state index is 4.35. The summed E-state index contributed by atoms with van der Waals surface area (Å²) in [7, 11) is 2.81. The molecule has 0 heterocycles. The lowest BCUT2D eigenvalue weighted by Gasteiger charge is -1.62. The highest BCUT2D eigenvalue weighted by atomic mass is 16.6. The molecule has 40 valence electrons. The lowest BCUT2D eigenvalue weighted by atomic mass is 11.7. The molecule has 0 aliphatic heterocycles. The third-order valence-corrected chi connectivity index (χ3v) is 0. The molecule has 0 radical (unpaired) electrons. The first-order valence-corrected chi connectivity index (χ1v) is 1.29. The van der Waals surface area contributed by atoms with Crippen LogP contribution in [-0.4, -0.2) is 14.2 Å². The van der Waals surface area contributed by atoms with E-state index < -0.39 is 0 Å². The Labute approximate surface area is 36.9 Å². The van der Waals surface area contributed by atoms with E-state index in [4.69, 9.17) is 0 Å². The molecule has 0 bridgehead atoms. The predicted octanol–water partition coefficient (Wildman–Crippen LogP) is -0.987. The Morgan fingerprint density at radius 2 is 1.00 bits per heavy atom. The van der Waals surface area contributed by atoms with Crippen LogP contribution in [0, 0.1) is 0 Å². The molecule has 4 nitrogen and oxygen atoms in total. The van der Waals surface area contributed by atoms with Gasteiger partial charge in [-0.1, -0.05) is 0 Å². The summed E-state index contributed by atoms with van der Waals surface area (Å²) in [6.07, 6.45) is 0. The van der Waals surface area contributed by atoms with Gasteiger partial charge in [-0.3, -0.25) is 0 Å². The minimum atomic E-state index is 1.40. The van der Waals surface area contributed by atoms with Crippen molar-refractivity contribution in [1.82, 2.24) is 0 Å². The molecule has 0 saturated heterocycles. The molecule has 0 aromatic carbocycles. The van der Waals surface area contributed by atoms with Gasteiger partial charge in [-0.2, -0.15) is 0 Å². The summed E-state index contributed by atoms with van der Waals surface area (Å²) in [5.74, 6) is 8.69. The maximum Gasteiger partial charge on any atom is 0.0569 e. The van der Waals surface area contributed by atoms with Gasteiger partial charge < -0.3 is 9.68 Å². The Bertz CT molecular complexity index is 11.5. The van der Waals surface area contributed by atoms with E-state index in [1.54, 1.807) is 0 Å². The van der Waals surface area contributed by atoms with E-state index in [2.05, 4.69) is 21.5 Å². The number of rotatable bonds is 0. The van der Waals surface area contributed by atoms with Crippen LogP contribution in [0.2, 0.25) is 0 Å². The highest BCUT2D eigenvalue weighted by Crippen LogP contribution is 1.14. The molecular weight excluding hydrogens is 84.0 g/mol.